The predicted octanol–water partition coefficient (Wildman–Crippen LogP) is 2.27. The van der Waals surface area contributed by atoms with Crippen molar-refractivity contribution in [1.82, 2.24) is 4.90 Å². The Morgan fingerprint density at radius 3 is 2.82 bits per heavy atom. The number of carbonyl (C=O) groups excluding carboxylic acids is 1. The monoisotopic (exact) mass is 346 g/mol. The maximum Gasteiger partial charge on any atom is 0.239 e. The number of hydrogen-bond donors (Lipinski definition) is 1. The molecule has 2 rings (SSSR count). The highest BCUT2D eigenvalue weighted by Crippen LogP contribution is 2.32. The molecule has 7 heteroatoms. The zero-order chi connectivity index (χ0) is 15.2. The van der Waals surface area contributed by atoms with Crippen LogP contribution in [0.1, 0.15) is 18.9 Å². The molecule has 0 aliphatic carbocycles. The molecule has 5 nitrogen and oxygen atoms in total. The van der Waals surface area contributed by atoms with Gasteiger partial charge in [-0.3, -0.25) is 4.79 Å². The fourth-order valence-corrected chi connectivity index (χ4v) is 2.70. The molecule has 0 bridgehead atoms. The standard InChI is InChI=1S/C15H22N2O3S.ClH/c1-3-17(15(18)12(16)6-7-21-2)9-11-4-5-13-14(8-11)20-10-19-13;/h4-5,8,12H,3,6-7,9-10,16H2,1-2H3;1H/t12-;/m0./s1. The molecule has 0 saturated carbocycles. The lowest BCUT2D eigenvalue weighted by Crippen LogP contribution is -2.43. The SMILES string of the molecule is CCN(Cc1ccc2c(c1)OCO2)C(=O)[C@@H](N)CCSC.Cl. The number of rotatable bonds is 7. The van der Waals surface area contributed by atoms with E-state index in [1.54, 1.807) is 16.7 Å². The minimum absolute atomic E-state index is 0. The largest absolute Gasteiger partial charge is 0.454 e. The molecule has 124 valence electrons. The molecule has 0 aromatic heterocycles. The summed E-state index contributed by atoms with van der Waals surface area (Å²) in [5.74, 6) is 2.39. The summed E-state index contributed by atoms with van der Waals surface area (Å²) in [5, 5.41) is 0. The van der Waals surface area contributed by atoms with Gasteiger partial charge in [-0.05, 0) is 43.0 Å². The van der Waals surface area contributed by atoms with Crippen molar-refractivity contribution >= 4 is 30.1 Å². The van der Waals surface area contributed by atoms with Crippen molar-refractivity contribution in [2.45, 2.75) is 25.9 Å². The Morgan fingerprint density at radius 1 is 1.41 bits per heavy atom. The summed E-state index contributed by atoms with van der Waals surface area (Å²) in [6.07, 6.45) is 2.72. The first-order chi connectivity index (χ1) is 10.2. The van der Waals surface area contributed by atoms with Crippen LogP contribution in [0.3, 0.4) is 0 Å². The van der Waals surface area contributed by atoms with E-state index in [1.807, 2.05) is 31.4 Å². The van der Waals surface area contributed by atoms with Crippen molar-refractivity contribution < 1.29 is 14.3 Å². The quantitative estimate of drug-likeness (QED) is 0.820. The second kappa shape index (κ2) is 9.12. The molecule has 1 aromatic carbocycles. The number of ether oxygens (including phenoxy) is 2. The molecule has 2 N–H and O–H groups in total. The molecule has 22 heavy (non-hydrogen) atoms. The Labute approximate surface area is 141 Å². The first kappa shape index (κ1) is 18.9. The number of thioether (sulfide) groups is 1. The van der Waals surface area contributed by atoms with E-state index in [1.165, 1.54) is 0 Å². The van der Waals surface area contributed by atoms with Crippen LogP contribution >= 0.6 is 24.2 Å². The topological polar surface area (TPSA) is 64.8 Å². The third-order valence-corrected chi connectivity index (χ3v) is 4.10. The van der Waals surface area contributed by atoms with Crippen LogP contribution in [0.2, 0.25) is 0 Å². The van der Waals surface area contributed by atoms with Crippen LogP contribution in [0.4, 0.5) is 0 Å². The Hall–Kier alpha value is -1.11. The number of amides is 1. The number of fused-ring (bicyclic) bond motifs is 1. The highest BCUT2D eigenvalue weighted by molar-refractivity contribution is 7.98. The molecule has 0 unspecified atom stereocenters. The van der Waals surface area contributed by atoms with Crippen molar-refractivity contribution in [3.63, 3.8) is 0 Å². The maximum atomic E-state index is 12.4. The lowest BCUT2D eigenvalue weighted by atomic mass is 10.1. The molecule has 1 aliphatic heterocycles. The molecule has 1 amide bonds. The van der Waals surface area contributed by atoms with Gasteiger partial charge in [-0.2, -0.15) is 11.8 Å². The van der Waals surface area contributed by atoms with Crippen LogP contribution < -0.4 is 15.2 Å². The van der Waals surface area contributed by atoms with Crippen LogP contribution in [0.5, 0.6) is 11.5 Å². The summed E-state index contributed by atoms with van der Waals surface area (Å²) in [7, 11) is 0. The Balaban J connectivity index is 0.00000242. The van der Waals surface area contributed by atoms with Gasteiger partial charge in [-0.25, -0.2) is 0 Å². The van der Waals surface area contributed by atoms with E-state index < -0.39 is 6.04 Å². The second-order valence-corrected chi connectivity index (χ2v) is 5.91. The third-order valence-electron chi connectivity index (χ3n) is 3.45. The molecule has 1 atom stereocenters. The summed E-state index contributed by atoms with van der Waals surface area (Å²) in [6, 6.07) is 5.33. The first-order valence-electron chi connectivity index (χ1n) is 7.07. The normalized spacial score (nSPS) is 13.4. The second-order valence-electron chi connectivity index (χ2n) is 4.93. The number of carbonyl (C=O) groups is 1. The average molecular weight is 347 g/mol. The number of halogens is 1. The molecule has 1 aromatic rings. The number of likely N-dealkylation sites (N-methyl/N-ethyl adjacent to an activating group) is 1. The number of hydrogen-bond acceptors (Lipinski definition) is 5. The summed E-state index contributed by atoms with van der Waals surface area (Å²) in [5.41, 5.74) is 6.99. The van der Waals surface area contributed by atoms with Crippen molar-refractivity contribution in [2.75, 3.05) is 25.3 Å². The van der Waals surface area contributed by atoms with E-state index in [2.05, 4.69) is 0 Å². The molecule has 1 aliphatic rings. The van der Waals surface area contributed by atoms with Crippen LogP contribution in [-0.4, -0.2) is 42.2 Å². The highest BCUT2D eigenvalue weighted by atomic mass is 35.5. The fraction of sp³-hybridized carbons (Fsp3) is 0.533. The molecular weight excluding hydrogens is 324 g/mol. The maximum absolute atomic E-state index is 12.4. The van der Waals surface area contributed by atoms with Crippen LogP contribution in [0.15, 0.2) is 18.2 Å². The molecule has 0 fully saturated rings. The number of nitrogens with zero attached hydrogens (tertiary/aromatic N) is 1. The zero-order valence-corrected chi connectivity index (χ0v) is 14.5. The lowest BCUT2D eigenvalue weighted by Gasteiger charge is -2.24. The first-order valence-corrected chi connectivity index (χ1v) is 8.47. The summed E-state index contributed by atoms with van der Waals surface area (Å²) in [4.78, 5) is 14.1. The Morgan fingerprint density at radius 2 is 2.14 bits per heavy atom. The van der Waals surface area contributed by atoms with E-state index in [0.717, 1.165) is 22.8 Å². The summed E-state index contributed by atoms with van der Waals surface area (Å²) >= 11 is 1.70. The van der Waals surface area contributed by atoms with Gasteiger partial charge < -0.3 is 20.1 Å². The molecule has 0 radical (unpaired) electrons. The molecule has 0 saturated heterocycles. The summed E-state index contributed by atoms with van der Waals surface area (Å²) < 4.78 is 10.7. The van der Waals surface area contributed by atoms with Gasteiger partial charge in [-0.1, -0.05) is 6.07 Å². The Kier molecular flexibility index (Phi) is 7.85. The van der Waals surface area contributed by atoms with E-state index in [0.29, 0.717) is 19.5 Å². The van der Waals surface area contributed by atoms with Crippen LogP contribution in [-0.2, 0) is 11.3 Å². The molecule has 0 spiro atoms. The average Bonchev–Trinajstić information content (AvgIpc) is 2.97. The number of benzene rings is 1. The van der Waals surface area contributed by atoms with Crippen LogP contribution in [0.25, 0.3) is 0 Å². The third kappa shape index (κ3) is 4.69. The Bertz CT molecular complexity index is 502. The van der Waals surface area contributed by atoms with Crippen LogP contribution in [0, 0.1) is 0 Å². The van der Waals surface area contributed by atoms with E-state index in [-0.39, 0.29) is 25.1 Å². The summed E-state index contributed by atoms with van der Waals surface area (Å²) in [6.45, 7) is 3.40. The van der Waals surface area contributed by atoms with Gasteiger partial charge in [0.15, 0.2) is 11.5 Å². The predicted molar refractivity (Wildman–Crippen MR) is 91.9 cm³/mol. The lowest BCUT2D eigenvalue weighted by molar-refractivity contribution is -0.133. The van der Waals surface area contributed by atoms with E-state index in [4.69, 9.17) is 15.2 Å². The molecule has 1 heterocycles. The van der Waals surface area contributed by atoms with Crippen molar-refractivity contribution in [3.05, 3.63) is 23.8 Å². The highest BCUT2D eigenvalue weighted by Gasteiger charge is 2.21. The molecular formula is C15H23ClN2O3S. The minimum atomic E-state index is -0.425. The van der Waals surface area contributed by atoms with Gasteiger partial charge in [0.1, 0.15) is 0 Å². The van der Waals surface area contributed by atoms with E-state index >= 15 is 0 Å². The minimum Gasteiger partial charge on any atom is -0.454 e. The van der Waals surface area contributed by atoms with Gasteiger partial charge in [0.05, 0.1) is 6.04 Å². The van der Waals surface area contributed by atoms with Gasteiger partial charge in [0, 0.05) is 13.1 Å². The van der Waals surface area contributed by atoms with Gasteiger partial charge in [-0.15, -0.1) is 12.4 Å². The number of nitrogens with two attached hydrogens (primary N) is 1. The van der Waals surface area contributed by atoms with Gasteiger partial charge in [0.25, 0.3) is 0 Å². The van der Waals surface area contributed by atoms with Gasteiger partial charge >= 0.3 is 0 Å². The van der Waals surface area contributed by atoms with Crippen molar-refractivity contribution in [2.24, 2.45) is 5.73 Å². The fourth-order valence-electron chi connectivity index (χ4n) is 2.21. The van der Waals surface area contributed by atoms with Gasteiger partial charge in [0.2, 0.25) is 12.7 Å². The van der Waals surface area contributed by atoms with Crippen molar-refractivity contribution in [1.29, 1.82) is 0 Å². The zero-order valence-electron chi connectivity index (χ0n) is 12.9. The smallest absolute Gasteiger partial charge is 0.239 e. The van der Waals surface area contributed by atoms with E-state index in [9.17, 15) is 4.79 Å². The van der Waals surface area contributed by atoms with Crippen molar-refractivity contribution in [3.8, 4) is 11.5 Å².